The molecule has 6 heterocycles. The highest BCUT2D eigenvalue weighted by Gasteiger charge is 2.26. The van der Waals surface area contributed by atoms with E-state index in [4.69, 9.17) is 4.42 Å². The maximum Gasteiger partial charge on any atom is 0.161 e. The minimum absolute atomic E-state index is 0.882. The van der Waals surface area contributed by atoms with E-state index in [1.54, 1.807) is 0 Å². The number of thiophene rings is 1. The zero-order valence-electron chi connectivity index (χ0n) is 32.1. The van der Waals surface area contributed by atoms with Gasteiger partial charge in [0.1, 0.15) is 11.1 Å². The van der Waals surface area contributed by atoms with Crippen molar-refractivity contribution in [1.29, 1.82) is 0 Å². The molecule has 0 saturated carbocycles. The van der Waals surface area contributed by atoms with Crippen LogP contribution in [0.3, 0.4) is 0 Å². The van der Waals surface area contributed by atoms with E-state index in [9.17, 15) is 0 Å². The summed E-state index contributed by atoms with van der Waals surface area (Å²) in [6.07, 6.45) is 0. The molecule has 0 N–H and O–H groups in total. The van der Waals surface area contributed by atoms with Crippen molar-refractivity contribution in [2.45, 2.75) is 0 Å². The van der Waals surface area contributed by atoms with Gasteiger partial charge < -0.3 is 22.7 Å². The number of para-hydroxylation sites is 6. The van der Waals surface area contributed by atoms with Crippen molar-refractivity contribution in [1.82, 2.24) is 18.3 Å². The summed E-state index contributed by atoms with van der Waals surface area (Å²) in [6.45, 7) is 0. The van der Waals surface area contributed by atoms with Crippen LogP contribution in [-0.2, 0) is 0 Å². The van der Waals surface area contributed by atoms with Crippen LogP contribution < -0.4 is 0 Å². The lowest BCUT2D eigenvalue weighted by Gasteiger charge is -2.17. The van der Waals surface area contributed by atoms with Gasteiger partial charge in [0.15, 0.2) is 5.58 Å². The number of fused-ring (bicyclic) bond motifs is 15. The number of aromatic nitrogens is 4. The lowest BCUT2D eigenvalue weighted by atomic mass is 10.2. The fourth-order valence-electron chi connectivity index (χ4n) is 10.1. The van der Waals surface area contributed by atoms with Crippen molar-refractivity contribution in [2.75, 3.05) is 0 Å². The second-order valence-corrected chi connectivity index (χ2v) is 16.8. The monoisotopic (exact) mass is 784 g/mol. The first-order chi connectivity index (χ1) is 29.8. The average molecular weight is 785 g/mol. The van der Waals surface area contributed by atoms with E-state index in [0.717, 1.165) is 61.2 Å². The van der Waals surface area contributed by atoms with Crippen LogP contribution in [0.5, 0.6) is 0 Å². The highest BCUT2D eigenvalue weighted by molar-refractivity contribution is 7.26. The van der Waals surface area contributed by atoms with Crippen LogP contribution in [-0.4, -0.2) is 18.3 Å². The number of furan rings is 1. The fourth-order valence-corrected chi connectivity index (χ4v) is 11.4. The molecule has 14 aromatic rings. The van der Waals surface area contributed by atoms with Gasteiger partial charge in [-0.2, -0.15) is 0 Å². The van der Waals surface area contributed by atoms with Gasteiger partial charge in [-0.05, 0) is 78.9 Å². The molecule has 0 aliphatic rings. The minimum Gasteiger partial charge on any atom is -0.454 e. The Morgan fingerprint density at radius 2 is 0.750 bits per heavy atom. The topological polar surface area (TPSA) is 32.9 Å². The molecule has 0 radical (unpaired) electrons. The maximum atomic E-state index is 6.70. The number of hydrogen-bond acceptors (Lipinski definition) is 2. The Kier molecular flexibility index (Phi) is 6.38. The molecule has 280 valence electrons. The number of rotatable bonds is 4. The van der Waals surface area contributed by atoms with Gasteiger partial charge in [-0.1, -0.05) is 115 Å². The molecular weight excluding hydrogens is 753 g/mol. The molecule has 0 aliphatic carbocycles. The van der Waals surface area contributed by atoms with Crippen molar-refractivity contribution < 1.29 is 4.42 Å². The smallest absolute Gasteiger partial charge is 0.161 e. The van der Waals surface area contributed by atoms with Gasteiger partial charge >= 0.3 is 0 Å². The molecular formula is C54H32N4OS. The van der Waals surface area contributed by atoms with E-state index >= 15 is 0 Å². The summed E-state index contributed by atoms with van der Waals surface area (Å²) in [7, 11) is 0. The highest BCUT2D eigenvalue weighted by atomic mass is 32.1. The van der Waals surface area contributed by atoms with E-state index in [1.807, 2.05) is 11.3 Å². The van der Waals surface area contributed by atoms with E-state index in [2.05, 4.69) is 212 Å². The van der Waals surface area contributed by atoms with Gasteiger partial charge in [-0.3, -0.25) is 0 Å². The van der Waals surface area contributed by atoms with Crippen molar-refractivity contribution in [3.63, 3.8) is 0 Å². The summed E-state index contributed by atoms with van der Waals surface area (Å²) < 4.78 is 19.2. The van der Waals surface area contributed by atoms with Crippen LogP contribution in [0, 0.1) is 0 Å². The Labute approximate surface area is 346 Å². The van der Waals surface area contributed by atoms with Crippen LogP contribution in [0.25, 0.3) is 120 Å². The average Bonchev–Trinajstić information content (AvgIpc) is 4.14. The standard InChI is InChI=1S/C54H32N4OS/c1-2-16-33(17-3-1)55-43-24-10-4-18-37(43)50-49(55)38-19-5-11-25-44(38)56(50)34-30-35(57-45-26-12-6-20-39(45)53-51(57)41-22-8-14-28-47(41)59-53)32-36(31-34)58-46-27-13-7-21-40(46)54-52(58)42-23-9-15-29-48(42)60-54/h1-32H. The SMILES string of the molecule is c1ccc(-n2c3ccccc3c3c2c2ccccc2n3-c2cc(-n3c4ccccc4c4oc5ccccc5c43)cc(-n3c4ccccc4c4sc5ccccc5c43)c2)cc1. The Morgan fingerprint density at radius 3 is 1.40 bits per heavy atom. The van der Waals surface area contributed by atoms with E-state index in [1.165, 1.54) is 58.5 Å². The van der Waals surface area contributed by atoms with Gasteiger partial charge in [-0.15, -0.1) is 11.3 Å². The zero-order valence-corrected chi connectivity index (χ0v) is 32.9. The van der Waals surface area contributed by atoms with Crippen LogP contribution in [0.1, 0.15) is 0 Å². The summed E-state index contributed by atoms with van der Waals surface area (Å²) in [5.41, 5.74) is 15.4. The molecule has 0 aliphatic heterocycles. The lowest BCUT2D eigenvalue weighted by Crippen LogP contribution is -2.03. The molecule has 60 heavy (non-hydrogen) atoms. The van der Waals surface area contributed by atoms with Crippen molar-refractivity contribution in [3.05, 3.63) is 194 Å². The van der Waals surface area contributed by atoms with Gasteiger partial charge in [-0.25, -0.2) is 0 Å². The van der Waals surface area contributed by atoms with Crippen molar-refractivity contribution >= 4 is 108 Å². The Balaban J connectivity index is 1.19. The third-order valence-corrected chi connectivity index (χ3v) is 13.7. The third-order valence-electron chi connectivity index (χ3n) is 12.5. The molecule has 0 spiro atoms. The predicted octanol–water partition coefficient (Wildman–Crippen LogP) is 14.9. The first-order valence-electron chi connectivity index (χ1n) is 20.4. The number of hydrogen-bond donors (Lipinski definition) is 0. The summed E-state index contributed by atoms with van der Waals surface area (Å²) >= 11 is 1.88. The molecule has 0 bridgehead atoms. The summed E-state index contributed by atoms with van der Waals surface area (Å²) in [5.74, 6) is 0. The largest absolute Gasteiger partial charge is 0.454 e. The molecule has 0 unspecified atom stereocenters. The number of nitrogens with zero attached hydrogens (tertiary/aromatic N) is 4. The van der Waals surface area contributed by atoms with Crippen LogP contribution in [0.4, 0.5) is 0 Å². The van der Waals surface area contributed by atoms with Crippen molar-refractivity contribution in [3.8, 4) is 22.7 Å². The van der Waals surface area contributed by atoms with Gasteiger partial charge in [0.25, 0.3) is 0 Å². The first kappa shape index (κ1) is 32.2. The minimum atomic E-state index is 0.882. The Bertz CT molecular complexity index is 3890. The van der Waals surface area contributed by atoms with Crippen LogP contribution in [0.2, 0.25) is 0 Å². The zero-order chi connectivity index (χ0) is 39.1. The van der Waals surface area contributed by atoms with Gasteiger partial charge in [0.05, 0.1) is 60.4 Å². The predicted molar refractivity (Wildman–Crippen MR) is 251 cm³/mol. The second-order valence-electron chi connectivity index (χ2n) is 15.7. The molecule has 0 saturated heterocycles. The Morgan fingerprint density at radius 1 is 0.317 bits per heavy atom. The lowest BCUT2D eigenvalue weighted by molar-refractivity contribution is 0.673. The molecule has 8 aromatic carbocycles. The highest BCUT2D eigenvalue weighted by Crippen LogP contribution is 2.46. The number of benzene rings is 8. The molecule has 0 atom stereocenters. The summed E-state index contributed by atoms with van der Waals surface area (Å²) in [5, 5.41) is 7.10. The van der Waals surface area contributed by atoms with Crippen LogP contribution >= 0.6 is 11.3 Å². The molecule has 0 fully saturated rings. The first-order valence-corrected chi connectivity index (χ1v) is 21.2. The van der Waals surface area contributed by atoms with Crippen molar-refractivity contribution in [2.24, 2.45) is 0 Å². The molecule has 14 rings (SSSR count). The molecule has 0 amide bonds. The third kappa shape index (κ3) is 4.19. The summed E-state index contributed by atoms with van der Waals surface area (Å²) in [4.78, 5) is 0. The van der Waals surface area contributed by atoms with E-state index < -0.39 is 0 Å². The fraction of sp³-hybridized carbons (Fsp3) is 0. The summed E-state index contributed by atoms with van der Waals surface area (Å²) in [6, 6.07) is 70.4. The Hall–Kier alpha value is -7.80. The molecule has 6 aromatic heterocycles. The van der Waals surface area contributed by atoms with E-state index in [0.29, 0.717) is 0 Å². The maximum absolute atomic E-state index is 6.70. The second kappa shape index (κ2) is 11.9. The van der Waals surface area contributed by atoms with Crippen LogP contribution in [0.15, 0.2) is 199 Å². The quantitative estimate of drug-likeness (QED) is 0.175. The normalized spacial score (nSPS) is 12.3. The van der Waals surface area contributed by atoms with Gasteiger partial charge in [0, 0.05) is 42.7 Å². The van der Waals surface area contributed by atoms with E-state index in [-0.39, 0.29) is 0 Å². The molecule has 6 heteroatoms. The van der Waals surface area contributed by atoms with Gasteiger partial charge in [0.2, 0.25) is 0 Å². The molecule has 5 nitrogen and oxygen atoms in total.